The van der Waals surface area contributed by atoms with Crippen molar-refractivity contribution in [3.05, 3.63) is 29.3 Å². The quantitative estimate of drug-likeness (QED) is 0.567. The molecule has 1 rings (SSSR count). The van der Waals surface area contributed by atoms with Crippen molar-refractivity contribution < 1.29 is 0 Å². The molecule has 0 aromatic heterocycles. The molecule has 0 aliphatic rings. The Morgan fingerprint density at radius 2 is 2.09 bits per heavy atom. The van der Waals surface area contributed by atoms with E-state index in [1.54, 1.807) is 6.07 Å². The fourth-order valence-corrected chi connectivity index (χ4v) is 1.06. The second kappa shape index (κ2) is 4.72. The second-order valence-electron chi connectivity index (χ2n) is 2.27. The van der Waals surface area contributed by atoms with Crippen molar-refractivity contribution in [3.63, 3.8) is 0 Å². The maximum atomic E-state index is 5.85. The van der Waals surface area contributed by atoms with Crippen LogP contribution in [0.3, 0.4) is 0 Å². The second-order valence-corrected chi connectivity index (χ2v) is 2.68. The van der Waals surface area contributed by atoms with Gasteiger partial charge in [0.05, 0.1) is 10.7 Å². The van der Waals surface area contributed by atoms with Gasteiger partial charge < -0.3 is 4.90 Å². The zero-order valence-corrected chi connectivity index (χ0v) is 6.81. The maximum absolute atomic E-state index is 5.85. The predicted octanol–water partition coefficient (Wildman–Crippen LogP) is 1.56. The molecule has 0 N–H and O–H groups in total. The Morgan fingerprint density at radius 1 is 1.45 bits per heavy atom. The molecule has 0 aliphatic carbocycles. The van der Waals surface area contributed by atoms with Gasteiger partial charge in [-0.15, -0.1) is 0 Å². The molecule has 1 radical (unpaired) electrons. The molecule has 0 unspecified atom stereocenters. The Kier molecular flexibility index (Phi) is 4.68. The predicted molar refractivity (Wildman–Crippen MR) is 51.8 cm³/mol. The number of rotatable bonds is 1. The van der Waals surface area contributed by atoms with E-state index in [1.807, 2.05) is 31.1 Å². The number of nitrogens with zero attached hydrogens (tertiary/aromatic N) is 1. The van der Waals surface area contributed by atoms with Crippen LogP contribution in [0.5, 0.6) is 0 Å². The van der Waals surface area contributed by atoms with Gasteiger partial charge in [-0.1, -0.05) is 17.7 Å². The van der Waals surface area contributed by atoms with Crippen LogP contribution in [0.1, 0.15) is 0 Å². The summed E-state index contributed by atoms with van der Waals surface area (Å²) >= 11 is 5.85. The summed E-state index contributed by atoms with van der Waals surface area (Å²) in [6.45, 7) is 0. The zero-order valence-electron chi connectivity index (χ0n) is 6.06. The van der Waals surface area contributed by atoms with Gasteiger partial charge in [0.1, 0.15) is 0 Å². The fraction of sp³-hybridized carbons (Fsp3) is 0.250. The zero-order chi connectivity index (χ0) is 7.56. The number of hydrogen-bond donors (Lipinski definition) is 0. The monoisotopic (exact) mass is 162 g/mol. The van der Waals surface area contributed by atoms with Gasteiger partial charge in [0, 0.05) is 14.1 Å². The molecule has 3 heteroatoms. The van der Waals surface area contributed by atoms with Gasteiger partial charge in [-0.05, 0) is 18.2 Å². The molecule has 1 nitrogen and oxygen atoms in total. The summed E-state index contributed by atoms with van der Waals surface area (Å²) in [6.07, 6.45) is 0. The van der Waals surface area contributed by atoms with Gasteiger partial charge >= 0.3 is 18.9 Å². The minimum atomic E-state index is 0. The van der Waals surface area contributed by atoms with Gasteiger partial charge in [-0.3, -0.25) is 0 Å². The molecule has 11 heavy (non-hydrogen) atoms. The third kappa shape index (κ3) is 2.79. The number of halogens is 1. The summed E-state index contributed by atoms with van der Waals surface area (Å²) in [5.74, 6) is 0. The molecule has 0 bridgehead atoms. The van der Waals surface area contributed by atoms with Crippen LogP contribution in [-0.4, -0.2) is 33.0 Å². The average molecular weight is 163 g/mol. The van der Waals surface area contributed by atoms with Gasteiger partial charge in [0.25, 0.3) is 0 Å². The molecule has 0 saturated heterocycles. The first-order valence-corrected chi connectivity index (χ1v) is 3.42. The fourth-order valence-electron chi connectivity index (χ4n) is 0.765. The van der Waals surface area contributed by atoms with Crippen molar-refractivity contribution in [1.29, 1.82) is 0 Å². The molecular weight excluding hydrogens is 152 g/mol. The van der Waals surface area contributed by atoms with Crippen molar-refractivity contribution in [2.45, 2.75) is 0 Å². The van der Waals surface area contributed by atoms with Crippen LogP contribution in [0.2, 0.25) is 5.02 Å². The summed E-state index contributed by atoms with van der Waals surface area (Å²) in [5, 5.41) is 0.743. The topological polar surface area (TPSA) is 3.24 Å². The first-order valence-electron chi connectivity index (χ1n) is 3.05. The number of anilines is 1. The van der Waals surface area contributed by atoms with Crippen LogP contribution in [-0.2, 0) is 0 Å². The summed E-state index contributed by atoms with van der Waals surface area (Å²) in [5.41, 5.74) is 1.03. The van der Waals surface area contributed by atoms with Gasteiger partial charge in [0.2, 0.25) is 0 Å². The third-order valence-electron chi connectivity index (χ3n) is 1.27. The molecule has 0 aliphatic heterocycles. The Balaban J connectivity index is 0.000001000. The summed E-state index contributed by atoms with van der Waals surface area (Å²) in [6, 6.07) is 8.44. The van der Waals surface area contributed by atoms with Crippen molar-refractivity contribution in [1.82, 2.24) is 0 Å². The van der Waals surface area contributed by atoms with Crippen LogP contribution in [0.25, 0.3) is 0 Å². The molecule has 0 spiro atoms. The molecular formula is C8H10ClLiN. The van der Waals surface area contributed by atoms with Crippen molar-refractivity contribution in [2.24, 2.45) is 0 Å². The van der Waals surface area contributed by atoms with E-state index in [0.717, 1.165) is 10.7 Å². The van der Waals surface area contributed by atoms with Crippen molar-refractivity contribution in [3.8, 4) is 0 Å². The van der Waals surface area contributed by atoms with E-state index in [-0.39, 0.29) is 18.9 Å². The standard InChI is InChI=1S/C8H9ClN.Li.H/c1-10(2)8-6-4-3-5-7(8)9;;/h4-6H,1-2H3;;. The van der Waals surface area contributed by atoms with E-state index >= 15 is 0 Å². The Hall–Kier alpha value is -0.0926. The molecule has 1 aromatic rings. The molecule has 55 valence electrons. The van der Waals surface area contributed by atoms with Crippen molar-refractivity contribution >= 4 is 36.1 Å². The van der Waals surface area contributed by atoms with E-state index in [1.165, 1.54) is 0 Å². The molecule has 0 atom stereocenters. The van der Waals surface area contributed by atoms with E-state index in [4.69, 9.17) is 11.6 Å². The first-order chi connectivity index (χ1) is 4.72. The Labute approximate surface area is 84.5 Å². The SMILES string of the molecule is CN(C)c1cc[c]cc1Cl.[LiH]. The van der Waals surface area contributed by atoms with Crippen LogP contribution in [0, 0.1) is 6.07 Å². The third-order valence-corrected chi connectivity index (χ3v) is 1.58. The molecule has 0 fully saturated rings. The summed E-state index contributed by atoms with van der Waals surface area (Å²) in [7, 11) is 3.92. The average Bonchev–Trinajstić information content (AvgIpc) is 1.88. The van der Waals surface area contributed by atoms with E-state index < -0.39 is 0 Å². The van der Waals surface area contributed by atoms with Gasteiger partial charge in [0.15, 0.2) is 0 Å². The van der Waals surface area contributed by atoms with Crippen LogP contribution < -0.4 is 4.90 Å². The molecule has 0 saturated carbocycles. The van der Waals surface area contributed by atoms with Crippen molar-refractivity contribution in [2.75, 3.05) is 19.0 Å². The van der Waals surface area contributed by atoms with Crippen LogP contribution >= 0.6 is 11.6 Å². The summed E-state index contributed by atoms with van der Waals surface area (Å²) in [4.78, 5) is 1.97. The first kappa shape index (κ1) is 10.9. The van der Waals surface area contributed by atoms with Crippen LogP contribution in [0.15, 0.2) is 18.2 Å². The number of benzene rings is 1. The van der Waals surface area contributed by atoms with Gasteiger partial charge in [-0.2, -0.15) is 0 Å². The van der Waals surface area contributed by atoms with Crippen LogP contribution in [0.4, 0.5) is 5.69 Å². The molecule has 0 amide bonds. The normalized spacial score (nSPS) is 8.64. The van der Waals surface area contributed by atoms with E-state index in [2.05, 4.69) is 6.07 Å². The molecule has 1 aromatic carbocycles. The summed E-state index contributed by atoms with van der Waals surface area (Å²) < 4.78 is 0. The number of hydrogen-bond acceptors (Lipinski definition) is 1. The minimum absolute atomic E-state index is 0. The van der Waals surface area contributed by atoms with E-state index in [0.29, 0.717) is 0 Å². The Bertz CT molecular complexity index is 225. The van der Waals surface area contributed by atoms with E-state index in [9.17, 15) is 0 Å². The molecule has 0 heterocycles. The Morgan fingerprint density at radius 3 is 2.45 bits per heavy atom. The van der Waals surface area contributed by atoms with Gasteiger partial charge in [-0.25, -0.2) is 0 Å².